The number of aromatic nitrogens is 3. The number of ether oxygens (including phenoxy) is 1. The molecule has 32 heavy (non-hydrogen) atoms. The van der Waals surface area contributed by atoms with Gasteiger partial charge >= 0.3 is 6.36 Å². The molecule has 3 aromatic rings. The van der Waals surface area contributed by atoms with E-state index in [9.17, 15) is 18.0 Å². The largest absolute Gasteiger partial charge is 0.573 e. The van der Waals surface area contributed by atoms with Crippen molar-refractivity contribution in [1.29, 1.82) is 0 Å². The molecule has 0 spiro atoms. The Morgan fingerprint density at radius 2 is 2.00 bits per heavy atom. The van der Waals surface area contributed by atoms with Crippen LogP contribution in [0.25, 0.3) is 5.69 Å². The summed E-state index contributed by atoms with van der Waals surface area (Å²) in [4.78, 5) is 18.4. The molecule has 0 unspecified atom stereocenters. The summed E-state index contributed by atoms with van der Waals surface area (Å²) in [6.45, 7) is 2.29. The van der Waals surface area contributed by atoms with Crippen LogP contribution in [0.5, 0.6) is 5.75 Å². The molecule has 0 N–H and O–H groups in total. The molecule has 2 heterocycles. The Balaban J connectivity index is 1.52. The summed E-state index contributed by atoms with van der Waals surface area (Å²) in [5, 5.41) is 4.48. The van der Waals surface area contributed by atoms with Gasteiger partial charge in [0.25, 0.3) is 0 Å². The van der Waals surface area contributed by atoms with Crippen LogP contribution in [0.1, 0.15) is 18.9 Å². The van der Waals surface area contributed by atoms with Gasteiger partial charge in [0.05, 0.1) is 18.1 Å². The fraction of sp³-hybridized carbons (Fsp3) is 0.286. The molecule has 170 valence electrons. The van der Waals surface area contributed by atoms with E-state index >= 15 is 0 Å². The zero-order valence-corrected chi connectivity index (χ0v) is 18.6. The van der Waals surface area contributed by atoms with Crippen molar-refractivity contribution in [3.05, 3.63) is 65.7 Å². The lowest BCUT2D eigenvalue weighted by atomic mass is 10.2. The number of hydrogen-bond donors (Lipinski definition) is 0. The fourth-order valence-corrected chi connectivity index (χ4v) is 4.02. The van der Waals surface area contributed by atoms with Gasteiger partial charge in [-0.3, -0.25) is 9.78 Å². The second-order valence-electron chi connectivity index (χ2n) is 6.59. The standard InChI is InChI=1S/C21H20ClF3N4O2S/c1-2-28(18-13-29(27-20(18)22)16-4-3-10-26-12-16)19(30)9-11-32-14-15-5-7-17(8-6-15)31-21(23,24)25/h3-8,10,12-13H,2,9,11,14H2,1H3. The maximum Gasteiger partial charge on any atom is 0.573 e. The molecule has 0 atom stereocenters. The van der Waals surface area contributed by atoms with E-state index in [1.54, 1.807) is 46.4 Å². The van der Waals surface area contributed by atoms with E-state index < -0.39 is 6.36 Å². The van der Waals surface area contributed by atoms with E-state index in [1.807, 2.05) is 13.0 Å². The first-order valence-electron chi connectivity index (χ1n) is 9.65. The number of pyridine rings is 1. The Morgan fingerprint density at radius 1 is 1.25 bits per heavy atom. The summed E-state index contributed by atoms with van der Waals surface area (Å²) in [6.07, 6.45) is 0.559. The van der Waals surface area contributed by atoms with E-state index in [2.05, 4.69) is 14.8 Å². The minimum atomic E-state index is -4.71. The first-order chi connectivity index (χ1) is 15.3. The molecular formula is C21H20ClF3N4O2S. The Bertz CT molecular complexity index is 1030. The van der Waals surface area contributed by atoms with Crippen molar-refractivity contribution >= 4 is 35.0 Å². The SMILES string of the molecule is CCN(C(=O)CCSCc1ccc(OC(F)(F)F)cc1)c1cn(-c2cccnc2)nc1Cl. The van der Waals surface area contributed by atoms with Gasteiger partial charge in [0.1, 0.15) is 11.4 Å². The summed E-state index contributed by atoms with van der Waals surface area (Å²) in [5.41, 5.74) is 2.09. The van der Waals surface area contributed by atoms with Gasteiger partial charge < -0.3 is 9.64 Å². The lowest BCUT2D eigenvalue weighted by Crippen LogP contribution is -2.30. The van der Waals surface area contributed by atoms with Crippen LogP contribution in [0, 0.1) is 0 Å². The van der Waals surface area contributed by atoms with Gasteiger partial charge in [-0.1, -0.05) is 23.7 Å². The van der Waals surface area contributed by atoms with Crippen molar-refractivity contribution in [2.75, 3.05) is 17.2 Å². The molecular weight excluding hydrogens is 465 g/mol. The van der Waals surface area contributed by atoms with Crippen molar-refractivity contribution < 1.29 is 22.7 Å². The molecule has 0 bridgehead atoms. The topological polar surface area (TPSA) is 60.2 Å². The normalized spacial score (nSPS) is 11.4. The zero-order valence-electron chi connectivity index (χ0n) is 17.1. The molecule has 0 saturated carbocycles. The van der Waals surface area contributed by atoms with Crippen LogP contribution < -0.4 is 9.64 Å². The van der Waals surface area contributed by atoms with Gasteiger partial charge in [-0.05, 0) is 36.8 Å². The summed E-state index contributed by atoms with van der Waals surface area (Å²) in [5.74, 6) is 0.751. The first kappa shape index (κ1) is 23.9. The minimum Gasteiger partial charge on any atom is -0.406 e. The molecule has 0 fully saturated rings. The average Bonchev–Trinajstić information content (AvgIpc) is 3.14. The average molecular weight is 485 g/mol. The molecule has 0 radical (unpaired) electrons. The number of rotatable bonds is 9. The minimum absolute atomic E-state index is 0.0958. The molecule has 3 rings (SSSR count). The summed E-state index contributed by atoms with van der Waals surface area (Å²) in [6, 6.07) is 9.30. The molecule has 6 nitrogen and oxygen atoms in total. The molecule has 0 saturated heterocycles. The zero-order chi connectivity index (χ0) is 23.1. The number of hydrogen-bond acceptors (Lipinski definition) is 5. The van der Waals surface area contributed by atoms with Crippen LogP contribution >= 0.6 is 23.4 Å². The highest BCUT2D eigenvalue weighted by atomic mass is 35.5. The van der Waals surface area contributed by atoms with Crippen molar-refractivity contribution in [1.82, 2.24) is 14.8 Å². The summed E-state index contributed by atoms with van der Waals surface area (Å²) in [7, 11) is 0. The molecule has 2 aromatic heterocycles. The highest BCUT2D eigenvalue weighted by Crippen LogP contribution is 2.27. The Hall–Kier alpha value is -2.72. The molecule has 0 aliphatic heterocycles. The van der Waals surface area contributed by atoms with Gasteiger partial charge in [-0.15, -0.1) is 13.2 Å². The second kappa shape index (κ2) is 10.7. The van der Waals surface area contributed by atoms with Crippen LogP contribution in [0.2, 0.25) is 5.15 Å². The van der Waals surface area contributed by atoms with E-state index in [1.165, 1.54) is 23.9 Å². The number of amides is 1. The van der Waals surface area contributed by atoms with Crippen LogP contribution in [-0.4, -0.2) is 39.3 Å². The van der Waals surface area contributed by atoms with Crippen molar-refractivity contribution in [2.45, 2.75) is 25.5 Å². The van der Waals surface area contributed by atoms with Gasteiger partial charge in [-0.2, -0.15) is 16.9 Å². The fourth-order valence-electron chi connectivity index (χ4n) is 2.90. The Kier molecular flexibility index (Phi) is 8.03. The van der Waals surface area contributed by atoms with Crippen molar-refractivity contribution in [2.24, 2.45) is 0 Å². The van der Waals surface area contributed by atoms with Crippen molar-refractivity contribution in [3.8, 4) is 11.4 Å². The number of carbonyl (C=O) groups excluding carboxylic acids is 1. The maximum atomic E-state index is 12.7. The third kappa shape index (κ3) is 6.64. The summed E-state index contributed by atoms with van der Waals surface area (Å²) >= 11 is 7.78. The van der Waals surface area contributed by atoms with Crippen LogP contribution in [0.3, 0.4) is 0 Å². The molecule has 1 aromatic carbocycles. The van der Waals surface area contributed by atoms with Gasteiger partial charge in [-0.25, -0.2) is 4.68 Å². The number of thioether (sulfide) groups is 1. The van der Waals surface area contributed by atoms with E-state index in [0.29, 0.717) is 23.7 Å². The third-order valence-electron chi connectivity index (χ3n) is 4.36. The maximum absolute atomic E-state index is 12.7. The third-order valence-corrected chi connectivity index (χ3v) is 5.66. The first-order valence-corrected chi connectivity index (χ1v) is 11.2. The molecule has 1 amide bonds. The lowest BCUT2D eigenvalue weighted by molar-refractivity contribution is -0.274. The lowest BCUT2D eigenvalue weighted by Gasteiger charge is -2.19. The van der Waals surface area contributed by atoms with Crippen molar-refractivity contribution in [3.63, 3.8) is 0 Å². The quantitative estimate of drug-likeness (QED) is 0.375. The highest BCUT2D eigenvalue weighted by Gasteiger charge is 2.30. The van der Waals surface area contributed by atoms with E-state index in [4.69, 9.17) is 11.6 Å². The predicted octanol–water partition coefficient (Wildman–Crippen LogP) is 5.50. The van der Waals surface area contributed by atoms with Gasteiger partial charge in [0.15, 0.2) is 5.15 Å². The number of anilines is 1. The van der Waals surface area contributed by atoms with Crippen LogP contribution in [0.15, 0.2) is 55.0 Å². The number of carbonyl (C=O) groups is 1. The monoisotopic (exact) mass is 484 g/mol. The Morgan fingerprint density at radius 3 is 2.62 bits per heavy atom. The van der Waals surface area contributed by atoms with Gasteiger partial charge in [0, 0.05) is 30.7 Å². The molecule has 0 aliphatic rings. The second-order valence-corrected chi connectivity index (χ2v) is 8.06. The highest BCUT2D eigenvalue weighted by molar-refractivity contribution is 7.98. The van der Waals surface area contributed by atoms with Crippen LogP contribution in [0.4, 0.5) is 18.9 Å². The number of benzene rings is 1. The molecule has 11 heteroatoms. The predicted molar refractivity (Wildman–Crippen MR) is 118 cm³/mol. The van der Waals surface area contributed by atoms with E-state index in [-0.39, 0.29) is 23.2 Å². The Labute approximate surface area is 192 Å². The number of alkyl halides is 3. The van der Waals surface area contributed by atoms with Gasteiger partial charge in [0.2, 0.25) is 5.91 Å². The number of halogens is 4. The van der Waals surface area contributed by atoms with E-state index in [0.717, 1.165) is 11.3 Å². The smallest absolute Gasteiger partial charge is 0.406 e. The molecule has 0 aliphatic carbocycles. The van der Waals surface area contributed by atoms with Crippen LogP contribution in [-0.2, 0) is 10.5 Å². The summed E-state index contributed by atoms with van der Waals surface area (Å²) < 4.78 is 42.1. The number of nitrogens with zero attached hydrogens (tertiary/aromatic N) is 4.